The quantitative estimate of drug-likeness (QED) is 0.748. The summed E-state index contributed by atoms with van der Waals surface area (Å²) in [5, 5.41) is 13.9. The molecule has 0 saturated carbocycles. The zero-order chi connectivity index (χ0) is 14.2. The number of rotatable bonds is 7. The number of carbonyl (C=O) groups is 1. The lowest BCUT2D eigenvalue weighted by Crippen LogP contribution is -2.18. The van der Waals surface area contributed by atoms with E-state index in [4.69, 9.17) is 0 Å². The molecular formula is C14H19N5O. The Morgan fingerprint density at radius 2 is 2.20 bits per heavy atom. The van der Waals surface area contributed by atoms with E-state index in [1.54, 1.807) is 6.20 Å². The van der Waals surface area contributed by atoms with E-state index in [1.807, 2.05) is 35.1 Å². The first kappa shape index (κ1) is 14.2. The lowest BCUT2D eigenvalue weighted by atomic mass is 10.1. The van der Waals surface area contributed by atoms with Crippen molar-refractivity contribution in [2.24, 2.45) is 0 Å². The summed E-state index contributed by atoms with van der Waals surface area (Å²) in [6.45, 7) is 3.98. The number of amides is 1. The Kier molecular flexibility index (Phi) is 5.25. The van der Waals surface area contributed by atoms with Gasteiger partial charge < -0.3 is 10.6 Å². The first-order chi connectivity index (χ1) is 9.75. The molecule has 0 atom stereocenters. The van der Waals surface area contributed by atoms with Crippen molar-refractivity contribution in [2.45, 2.75) is 26.4 Å². The fourth-order valence-corrected chi connectivity index (χ4v) is 1.93. The summed E-state index contributed by atoms with van der Waals surface area (Å²) in [5.74, 6) is -0.0522. The van der Waals surface area contributed by atoms with Gasteiger partial charge >= 0.3 is 0 Å². The van der Waals surface area contributed by atoms with E-state index in [0.717, 1.165) is 37.3 Å². The maximum Gasteiger partial charge on any atom is 0.221 e. The summed E-state index contributed by atoms with van der Waals surface area (Å²) in [6, 6.07) is 7.81. The summed E-state index contributed by atoms with van der Waals surface area (Å²) < 4.78 is 1.81. The van der Waals surface area contributed by atoms with Gasteiger partial charge in [-0.2, -0.15) is 0 Å². The fraction of sp³-hybridized carbons (Fsp3) is 0.357. The standard InChI is InChI=1S/C14H19N5O/c1-12(20)17-14-6-3-2-5-13(14)11-15-7-4-9-19-10-8-16-18-19/h2-3,5-6,8,10,15H,4,7,9,11H2,1H3,(H,17,20). The molecule has 2 aromatic rings. The minimum Gasteiger partial charge on any atom is -0.326 e. The van der Waals surface area contributed by atoms with Crippen molar-refractivity contribution in [2.75, 3.05) is 11.9 Å². The van der Waals surface area contributed by atoms with Crippen LogP contribution in [0.25, 0.3) is 0 Å². The second-order valence-corrected chi connectivity index (χ2v) is 4.53. The number of para-hydroxylation sites is 1. The van der Waals surface area contributed by atoms with Gasteiger partial charge in [0.25, 0.3) is 0 Å². The van der Waals surface area contributed by atoms with Gasteiger partial charge in [0.15, 0.2) is 0 Å². The van der Waals surface area contributed by atoms with Crippen LogP contribution in [0.3, 0.4) is 0 Å². The van der Waals surface area contributed by atoms with E-state index in [1.165, 1.54) is 6.92 Å². The average molecular weight is 273 g/mol. The zero-order valence-corrected chi connectivity index (χ0v) is 11.5. The largest absolute Gasteiger partial charge is 0.326 e. The van der Waals surface area contributed by atoms with Crippen molar-refractivity contribution in [3.63, 3.8) is 0 Å². The molecule has 0 aliphatic carbocycles. The molecule has 6 heteroatoms. The molecule has 0 unspecified atom stereocenters. The molecule has 0 spiro atoms. The summed E-state index contributed by atoms with van der Waals surface area (Å²) in [5.41, 5.74) is 1.95. The third-order valence-corrected chi connectivity index (χ3v) is 2.86. The lowest BCUT2D eigenvalue weighted by molar-refractivity contribution is -0.114. The van der Waals surface area contributed by atoms with Gasteiger partial charge in [0.05, 0.1) is 6.20 Å². The predicted molar refractivity (Wildman–Crippen MR) is 77.1 cm³/mol. The number of hydrogen-bond donors (Lipinski definition) is 2. The number of carbonyl (C=O) groups excluding carboxylic acids is 1. The average Bonchev–Trinajstić information content (AvgIpc) is 2.93. The highest BCUT2D eigenvalue weighted by Gasteiger charge is 2.02. The lowest BCUT2D eigenvalue weighted by Gasteiger charge is -2.10. The monoisotopic (exact) mass is 273 g/mol. The van der Waals surface area contributed by atoms with Gasteiger partial charge in [-0.3, -0.25) is 9.48 Å². The molecule has 2 rings (SSSR count). The fourth-order valence-electron chi connectivity index (χ4n) is 1.93. The predicted octanol–water partition coefficient (Wildman–Crippen LogP) is 1.42. The highest BCUT2D eigenvalue weighted by Crippen LogP contribution is 2.14. The van der Waals surface area contributed by atoms with Gasteiger partial charge in [0.2, 0.25) is 5.91 Å². The summed E-state index contributed by atoms with van der Waals surface area (Å²) in [7, 11) is 0. The number of benzene rings is 1. The number of aryl methyl sites for hydroxylation is 1. The maximum atomic E-state index is 11.1. The van der Waals surface area contributed by atoms with Crippen molar-refractivity contribution in [3.05, 3.63) is 42.2 Å². The summed E-state index contributed by atoms with van der Waals surface area (Å²) in [4.78, 5) is 11.1. The molecule has 0 fully saturated rings. The molecular weight excluding hydrogens is 254 g/mol. The molecule has 0 radical (unpaired) electrons. The van der Waals surface area contributed by atoms with Crippen molar-refractivity contribution >= 4 is 11.6 Å². The van der Waals surface area contributed by atoms with Gasteiger partial charge in [-0.05, 0) is 24.6 Å². The Morgan fingerprint density at radius 1 is 1.35 bits per heavy atom. The summed E-state index contributed by atoms with van der Waals surface area (Å²) in [6.07, 6.45) is 4.51. The summed E-state index contributed by atoms with van der Waals surface area (Å²) >= 11 is 0. The second-order valence-electron chi connectivity index (χ2n) is 4.53. The molecule has 1 amide bonds. The van der Waals surface area contributed by atoms with Crippen molar-refractivity contribution in [1.29, 1.82) is 0 Å². The Hall–Kier alpha value is -2.21. The Balaban J connectivity index is 1.74. The maximum absolute atomic E-state index is 11.1. The van der Waals surface area contributed by atoms with E-state index >= 15 is 0 Å². The van der Waals surface area contributed by atoms with Crippen LogP contribution in [0.5, 0.6) is 0 Å². The van der Waals surface area contributed by atoms with Crippen LogP contribution in [-0.4, -0.2) is 27.4 Å². The topological polar surface area (TPSA) is 71.8 Å². The van der Waals surface area contributed by atoms with E-state index in [9.17, 15) is 4.79 Å². The Bertz CT molecular complexity index is 538. The first-order valence-electron chi connectivity index (χ1n) is 6.66. The van der Waals surface area contributed by atoms with Crippen LogP contribution in [0.4, 0.5) is 5.69 Å². The Labute approximate surface area is 118 Å². The molecule has 1 heterocycles. The number of anilines is 1. The Morgan fingerprint density at radius 3 is 2.95 bits per heavy atom. The number of aromatic nitrogens is 3. The molecule has 1 aromatic carbocycles. The smallest absolute Gasteiger partial charge is 0.221 e. The van der Waals surface area contributed by atoms with E-state index in [2.05, 4.69) is 20.9 Å². The van der Waals surface area contributed by atoms with Crippen LogP contribution in [0.1, 0.15) is 18.9 Å². The van der Waals surface area contributed by atoms with Crippen LogP contribution in [0.2, 0.25) is 0 Å². The van der Waals surface area contributed by atoms with Gasteiger partial charge in [0, 0.05) is 31.9 Å². The van der Waals surface area contributed by atoms with E-state index < -0.39 is 0 Å². The van der Waals surface area contributed by atoms with Crippen LogP contribution in [0, 0.1) is 0 Å². The van der Waals surface area contributed by atoms with Gasteiger partial charge in [-0.25, -0.2) is 0 Å². The molecule has 106 valence electrons. The first-order valence-corrected chi connectivity index (χ1v) is 6.66. The second kappa shape index (κ2) is 7.40. The minimum atomic E-state index is -0.0522. The highest BCUT2D eigenvalue weighted by atomic mass is 16.1. The van der Waals surface area contributed by atoms with Gasteiger partial charge in [0.1, 0.15) is 0 Å². The number of hydrogen-bond acceptors (Lipinski definition) is 4. The third-order valence-electron chi connectivity index (χ3n) is 2.86. The molecule has 1 aromatic heterocycles. The normalized spacial score (nSPS) is 10.4. The zero-order valence-electron chi connectivity index (χ0n) is 11.5. The SMILES string of the molecule is CC(=O)Nc1ccccc1CNCCCn1ccnn1. The molecule has 20 heavy (non-hydrogen) atoms. The molecule has 0 aliphatic rings. The van der Waals surface area contributed by atoms with Crippen molar-refractivity contribution < 1.29 is 4.79 Å². The molecule has 0 aliphatic heterocycles. The number of nitrogens with zero attached hydrogens (tertiary/aromatic N) is 3. The van der Waals surface area contributed by atoms with Gasteiger partial charge in [-0.1, -0.05) is 23.4 Å². The molecule has 6 nitrogen and oxygen atoms in total. The molecule has 0 bridgehead atoms. The number of nitrogens with one attached hydrogen (secondary N) is 2. The van der Waals surface area contributed by atoms with Crippen LogP contribution in [0.15, 0.2) is 36.7 Å². The molecule has 2 N–H and O–H groups in total. The van der Waals surface area contributed by atoms with Gasteiger partial charge in [-0.15, -0.1) is 5.10 Å². The van der Waals surface area contributed by atoms with E-state index in [0.29, 0.717) is 0 Å². The van der Waals surface area contributed by atoms with Crippen molar-refractivity contribution in [3.8, 4) is 0 Å². The molecule has 0 saturated heterocycles. The van der Waals surface area contributed by atoms with Crippen LogP contribution < -0.4 is 10.6 Å². The van der Waals surface area contributed by atoms with Crippen LogP contribution in [-0.2, 0) is 17.9 Å². The van der Waals surface area contributed by atoms with Crippen LogP contribution >= 0.6 is 0 Å². The van der Waals surface area contributed by atoms with E-state index in [-0.39, 0.29) is 5.91 Å². The van der Waals surface area contributed by atoms with Crippen molar-refractivity contribution in [1.82, 2.24) is 20.3 Å². The minimum absolute atomic E-state index is 0.0522. The third kappa shape index (κ3) is 4.47. The highest BCUT2D eigenvalue weighted by molar-refractivity contribution is 5.89.